The second kappa shape index (κ2) is 7.01. The molecule has 1 aliphatic rings. The van der Waals surface area contributed by atoms with Crippen LogP contribution in [-0.4, -0.2) is 34.5 Å². The molecule has 1 amide bonds. The maximum atomic E-state index is 12.3. The van der Waals surface area contributed by atoms with Crippen LogP contribution in [0.15, 0.2) is 47.4 Å². The van der Waals surface area contributed by atoms with Crippen LogP contribution in [-0.2, 0) is 20.0 Å². The van der Waals surface area contributed by atoms with E-state index < -0.39 is 0 Å². The number of hydrogen-bond donors (Lipinski definition) is 1. The van der Waals surface area contributed by atoms with Crippen LogP contribution in [0.2, 0.25) is 0 Å². The summed E-state index contributed by atoms with van der Waals surface area (Å²) >= 11 is 0. The van der Waals surface area contributed by atoms with Crippen LogP contribution in [0.4, 0.5) is 0 Å². The quantitative estimate of drug-likeness (QED) is 0.928. The van der Waals surface area contributed by atoms with Gasteiger partial charge >= 0.3 is 0 Å². The number of pyridine rings is 1. The van der Waals surface area contributed by atoms with Crippen molar-refractivity contribution in [2.45, 2.75) is 25.9 Å². The van der Waals surface area contributed by atoms with E-state index >= 15 is 0 Å². The van der Waals surface area contributed by atoms with Crippen molar-refractivity contribution in [3.8, 4) is 0 Å². The summed E-state index contributed by atoms with van der Waals surface area (Å²) in [4.78, 5) is 26.1. The summed E-state index contributed by atoms with van der Waals surface area (Å²) in [6.45, 7) is 4.76. The average molecular weight is 325 g/mol. The van der Waals surface area contributed by atoms with Crippen LogP contribution in [0, 0.1) is 0 Å². The summed E-state index contributed by atoms with van der Waals surface area (Å²) in [7, 11) is 1.65. The number of amides is 1. The fourth-order valence-electron chi connectivity index (χ4n) is 3.18. The number of nitrogens with zero attached hydrogens (tertiary/aromatic N) is 2. The molecular formula is C19H23N3O2. The summed E-state index contributed by atoms with van der Waals surface area (Å²) in [5.41, 5.74) is 3.19. The molecule has 0 saturated heterocycles. The Balaban J connectivity index is 1.58. The normalized spacial score (nSPS) is 15.6. The Kier molecular flexibility index (Phi) is 4.81. The molecule has 24 heavy (non-hydrogen) atoms. The van der Waals surface area contributed by atoms with E-state index in [-0.39, 0.29) is 17.5 Å². The van der Waals surface area contributed by atoms with Crippen molar-refractivity contribution in [2.24, 2.45) is 7.05 Å². The molecule has 0 aliphatic carbocycles. The summed E-state index contributed by atoms with van der Waals surface area (Å²) in [5.74, 6) is -0.143. The van der Waals surface area contributed by atoms with Crippen LogP contribution in [0.5, 0.6) is 0 Å². The Morgan fingerprint density at radius 2 is 1.96 bits per heavy atom. The van der Waals surface area contributed by atoms with E-state index in [1.54, 1.807) is 19.3 Å². The minimum Gasteiger partial charge on any atom is -0.348 e. The molecule has 0 radical (unpaired) electrons. The molecule has 3 rings (SSSR count). The summed E-state index contributed by atoms with van der Waals surface area (Å²) in [6, 6.07) is 11.6. The predicted octanol–water partition coefficient (Wildman–Crippen LogP) is 1.56. The van der Waals surface area contributed by atoms with Crippen LogP contribution in [0.1, 0.15) is 28.4 Å². The van der Waals surface area contributed by atoms with Crippen molar-refractivity contribution < 1.29 is 4.79 Å². The summed E-state index contributed by atoms with van der Waals surface area (Å²) in [6.07, 6.45) is 2.62. The zero-order valence-electron chi connectivity index (χ0n) is 14.2. The van der Waals surface area contributed by atoms with Gasteiger partial charge in [0.25, 0.3) is 5.91 Å². The number of carbonyl (C=O) groups excluding carboxylic acids is 1. The Bertz CT molecular complexity index is 797. The van der Waals surface area contributed by atoms with Gasteiger partial charge in [-0.1, -0.05) is 24.3 Å². The van der Waals surface area contributed by atoms with Crippen molar-refractivity contribution in [3.63, 3.8) is 0 Å². The second-order valence-corrected chi connectivity index (χ2v) is 6.50. The third-order valence-electron chi connectivity index (χ3n) is 4.47. The smallest absolute Gasteiger partial charge is 0.253 e. The molecule has 0 bridgehead atoms. The average Bonchev–Trinajstić information content (AvgIpc) is 2.57. The van der Waals surface area contributed by atoms with Gasteiger partial charge in [0.15, 0.2) is 0 Å². The first-order valence-electron chi connectivity index (χ1n) is 8.29. The molecule has 1 aliphatic heterocycles. The number of carbonyl (C=O) groups is 1. The SMILES string of the molecule is C[C@H](CN1CCc2ccccc2C1)NC(=O)c1ccc(=O)n(C)c1. The van der Waals surface area contributed by atoms with E-state index in [1.807, 2.05) is 6.92 Å². The largest absolute Gasteiger partial charge is 0.348 e. The fraction of sp³-hybridized carbons (Fsp3) is 0.368. The summed E-state index contributed by atoms with van der Waals surface area (Å²) in [5, 5.41) is 3.02. The molecule has 2 heterocycles. The molecule has 0 saturated carbocycles. The van der Waals surface area contributed by atoms with Gasteiger partial charge in [0.05, 0.1) is 5.56 Å². The molecule has 1 N–H and O–H groups in total. The second-order valence-electron chi connectivity index (χ2n) is 6.50. The lowest BCUT2D eigenvalue weighted by molar-refractivity contribution is 0.0926. The monoisotopic (exact) mass is 325 g/mol. The van der Waals surface area contributed by atoms with Crippen LogP contribution in [0.25, 0.3) is 0 Å². The Morgan fingerprint density at radius 1 is 1.21 bits per heavy atom. The van der Waals surface area contributed by atoms with Gasteiger partial charge in [-0.25, -0.2) is 0 Å². The zero-order valence-corrected chi connectivity index (χ0v) is 14.2. The van der Waals surface area contributed by atoms with Crippen molar-refractivity contribution in [3.05, 3.63) is 69.6 Å². The highest BCUT2D eigenvalue weighted by Crippen LogP contribution is 2.18. The molecule has 2 aromatic rings. The highest BCUT2D eigenvalue weighted by atomic mass is 16.2. The predicted molar refractivity (Wildman–Crippen MR) is 94.0 cm³/mol. The van der Waals surface area contributed by atoms with E-state index in [4.69, 9.17) is 0 Å². The van der Waals surface area contributed by atoms with Gasteiger partial charge in [0.1, 0.15) is 0 Å². The van der Waals surface area contributed by atoms with E-state index in [9.17, 15) is 9.59 Å². The molecular weight excluding hydrogens is 302 g/mol. The number of benzene rings is 1. The molecule has 0 fully saturated rings. The van der Waals surface area contributed by atoms with Gasteiger partial charge in [-0.3, -0.25) is 14.5 Å². The Morgan fingerprint density at radius 3 is 2.71 bits per heavy atom. The van der Waals surface area contributed by atoms with Gasteiger partial charge in [-0.15, -0.1) is 0 Å². The number of hydrogen-bond acceptors (Lipinski definition) is 3. The van der Waals surface area contributed by atoms with E-state index in [2.05, 4.69) is 34.5 Å². The molecule has 0 spiro atoms. The van der Waals surface area contributed by atoms with Gasteiger partial charge in [-0.05, 0) is 30.5 Å². The molecule has 1 atom stereocenters. The molecule has 126 valence electrons. The Labute approximate surface area is 141 Å². The minimum absolute atomic E-state index is 0.0417. The first-order valence-corrected chi connectivity index (χ1v) is 8.29. The van der Waals surface area contributed by atoms with Crippen LogP contribution < -0.4 is 10.9 Å². The number of aryl methyl sites for hydroxylation is 1. The van der Waals surface area contributed by atoms with Crippen molar-refractivity contribution in [1.82, 2.24) is 14.8 Å². The molecule has 1 aromatic carbocycles. The fourth-order valence-corrected chi connectivity index (χ4v) is 3.18. The number of aromatic nitrogens is 1. The van der Waals surface area contributed by atoms with E-state index in [0.717, 1.165) is 26.1 Å². The highest BCUT2D eigenvalue weighted by molar-refractivity contribution is 5.94. The van der Waals surface area contributed by atoms with E-state index in [1.165, 1.54) is 21.8 Å². The highest BCUT2D eigenvalue weighted by Gasteiger charge is 2.19. The molecule has 5 heteroatoms. The zero-order chi connectivity index (χ0) is 17.1. The first-order chi connectivity index (χ1) is 11.5. The maximum Gasteiger partial charge on any atom is 0.253 e. The van der Waals surface area contributed by atoms with E-state index in [0.29, 0.717) is 5.56 Å². The Hall–Kier alpha value is -2.40. The van der Waals surface area contributed by atoms with Gasteiger partial charge < -0.3 is 9.88 Å². The van der Waals surface area contributed by atoms with Gasteiger partial charge in [0.2, 0.25) is 5.56 Å². The van der Waals surface area contributed by atoms with Crippen LogP contribution in [0.3, 0.4) is 0 Å². The topological polar surface area (TPSA) is 54.3 Å². The van der Waals surface area contributed by atoms with Crippen molar-refractivity contribution in [1.29, 1.82) is 0 Å². The number of rotatable bonds is 4. The van der Waals surface area contributed by atoms with Gasteiger partial charge in [-0.2, -0.15) is 0 Å². The lowest BCUT2D eigenvalue weighted by atomic mass is 9.99. The third-order valence-corrected chi connectivity index (χ3v) is 4.47. The standard InChI is InChI=1S/C19H23N3O2/c1-14(20-19(24)17-7-8-18(23)21(2)12-17)11-22-10-9-15-5-3-4-6-16(15)13-22/h3-8,12,14H,9-11,13H2,1-2H3,(H,20,24)/t14-/m1/s1. The lowest BCUT2D eigenvalue weighted by Gasteiger charge is -2.31. The first kappa shape index (κ1) is 16.5. The molecule has 5 nitrogen and oxygen atoms in total. The lowest BCUT2D eigenvalue weighted by Crippen LogP contribution is -2.43. The molecule has 0 unspecified atom stereocenters. The number of fused-ring (bicyclic) bond motifs is 1. The van der Waals surface area contributed by atoms with Crippen molar-refractivity contribution in [2.75, 3.05) is 13.1 Å². The third kappa shape index (κ3) is 3.74. The number of nitrogens with one attached hydrogen (secondary N) is 1. The minimum atomic E-state index is -0.143. The summed E-state index contributed by atoms with van der Waals surface area (Å²) < 4.78 is 1.42. The molecule has 1 aromatic heterocycles. The van der Waals surface area contributed by atoms with Gasteiger partial charge in [0, 0.05) is 45.0 Å². The maximum absolute atomic E-state index is 12.3. The van der Waals surface area contributed by atoms with Crippen molar-refractivity contribution >= 4 is 5.91 Å². The van der Waals surface area contributed by atoms with Crippen LogP contribution >= 0.6 is 0 Å².